The first-order valence-electron chi connectivity index (χ1n) is 7.34. The number of hydrogen-bond donors (Lipinski definition) is 1. The van der Waals surface area contributed by atoms with Crippen LogP contribution in [-0.4, -0.2) is 20.8 Å². The van der Waals surface area contributed by atoms with Crippen LogP contribution in [0.5, 0.6) is 0 Å². The van der Waals surface area contributed by atoms with E-state index in [-0.39, 0.29) is 6.10 Å². The molecule has 0 spiro atoms. The highest BCUT2D eigenvalue weighted by molar-refractivity contribution is 5.30. The highest BCUT2D eigenvalue weighted by Gasteiger charge is 2.11. The van der Waals surface area contributed by atoms with Gasteiger partial charge >= 0.3 is 0 Å². The molecular formula is C17H24N2O. The first kappa shape index (κ1) is 14.8. The minimum absolute atomic E-state index is 0.380. The van der Waals surface area contributed by atoms with E-state index in [4.69, 9.17) is 0 Å². The van der Waals surface area contributed by atoms with Crippen LogP contribution in [0.15, 0.2) is 30.6 Å². The Morgan fingerprint density at radius 2 is 2.00 bits per heavy atom. The summed E-state index contributed by atoms with van der Waals surface area (Å²) in [5.41, 5.74) is 3.76. The number of aliphatic hydroxyl groups is 1. The summed E-state index contributed by atoms with van der Waals surface area (Å²) in [4.78, 5) is 4.35. The van der Waals surface area contributed by atoms with E-state index in [9.17, 15) is 5.11 Å². The molecule has 1 heterocycles. The van der Waals surface area contributed by atoms with Gasteiger partial charge in [0.2, 0.25) is 0 Å². The van der Waals surface area contributed by atoms with Crippen molar-refractivity contribution in [3.63, 3.8) is 0 Å². The maximum absolute atomic E-state index is 10.3. The summed E-state index contributed by atoms with van der Waals surface area (Å²) >= 11 is 0. The first-order valence-corrected chi connectivity index (χ1v) is 7.34. The third-order valence-corrected chi connectivity index (χ3v) is 3.73. The molecule has 0 aliphatic heterocycles. The lowest BCUT2D eigenvalue weighted by Crippen LogP contribution is -2.17. The molecule has 0 radical (unpaired) electrons. The van der Waals surface area contributed by atoms with Gasteiger partial charge in [-0.1, -0.05) is 25.1 Å². The van der Waals surface area contributed by atoms with Gasteiger partial charge < -0.3 is 9.67 Å². The number of aliphatic hydroxyl groups excluding tert-OH is 1. The molecule has 0 aliphatic carbocycles. The van der Waals surface area contributed by atoms with Crippen LogP contribution in [0.4, 0.5) is 0 Å². The molecule has 0 saturated heterocycles. The van der Waals surface area contributed by atoms with Gasteiger partial charge in [0.15, 0.2) is 0 Å². The van der Waals surface area contributed by atoms with Crippen molar-refractivity contribution in [2.24, 2.45) is 0 Å². The average molecular weight is 272 g/mol. The van der Waals surface area contributed by atoms with Gasteiger partial charge in [-0.3, -0.25) is 0 Å². The van der Waals surface area contributed by atoms with Crippen molar-refractivity contribution in [3.05, 3.63) is 53.1 Å². The molecule has 2 aromatic rings. The Bertz CT molecular complexity index is 560. The van der Waals surface area contributed by atoms with Crippen LogP contribution in [0.1, 0.15) is 35.9 Å². The zero-order valence-electron chi connectivity index (χ0n) is 12.6. The summed E-state index contributed by atoms with van der Waals surface area (Å²) in [7, 11) is 0. The van der Waals surface area contributed by atoms with Crippen molar-refractivity contribution in [1.29, 1.82) is 0 Å². The van der Waals surface area contributed by atoms with Crippen molar-refractivity contribution in [2.45, 2.75) is 52.7 Å². The maximum atomic E-state index is 10.3. The predicted octanol–water partition coefficient (Wildman–Crippen LogP) is 3.06. The largest absolute Gasteiger partial charge is 0.392 e. The summed E-state index contributed by atoms with van der Waals surface area (Å²) in [6.07, 6.45) is 5.79. The molecule has 3 heteroatoms. The number of rotatable bonds is 6. The van der Waals surface area contributed by atoms with Gasteiger partial charge in [0.1, 0.15) is 5.82 Å². The van der Waals surface area contributed by atoms with Crippen LogP contribution in [0.3, 0.4) is 0 Å². The highest BCUT2D eigenvalue weighted by Crippen LogP contribution is 2.13. The number of aromatic nitrogens is 2. The molecule has 2 rings (SSSR count). The summed E-state index contributed by atoms with van der Waals surface area (Å²) in [6.45, 7) is 7.33. The van der Waals surface area contributed by atoms with Crippen molar-refractivity contribution >= 4 is 0 Å². The van der Waals surface area contributed by atoms with Crippen LogP contribution in [0.2, 0.25) is 0 Å². The number of imidazole rings is 1. The van der Waals surface area contributed by atoms with E-state index in [0.29, 0.717) is 12.8 Å². The SMILES string of the molecule is CCCn1ccnc1CC(O)Cc1ccc(C)c(C)c1. The van der Waals surface area contributed by atoms with Crippen molar-refractivity contribution in [2.75, 3.05) is 0 Å². The molecule has 0 amide bonds. The van der Waals surface area contributed by atoms with Crippen LogP contribution < -0.4 is 0 Å². The lowest BCUT2D eigenvalue weighted by Gasteiger charge is -2.13. The minimum atomic E-state index is -0.380. The molecular weight excluding hydrogens is 248 g/mol. The van der Waals surface area contributed by atoms with Gasteiger partial charge in [0.25, 0.3) is 0 Å². The quantitative estimate of drug-likeness (QED) is 0.877. The molecule has 0 saturated carbocycles. The maximum Gasteiger partial charge on any atom is 0.111 e. The van der Waals surface area contributed by atoms with Crippen molar-refractivity contribution < 1.29 is 5.11 Å². The molecule has 3 nitrogen and oxygen atoms in total. The second-order valence-corrected chi connectivity index (χ2v) is 5.52. The third kappa shape index (κ3) is 3.70. The fourth-order valence-corrected chi connectivity index (χ4v) is 2.46. The molecule has 20 heavy (non-hydrogen) atoms. The van der Waals surface area contributed by atoms with Crippen LogP contribution in [0.25, 0.3) is 0 Å². The normalized spacial score (nSPS) is 12.6. The Balaban J connectivity index is 1.99. The van der Waals surface area contributed by atoms with Gasteiger partial charge in [0.05, 0.1) is 6.10 Å². The molecule has 0 bridgehead atoms. The highest BCUT2D eigenvalue weighted by atomic mass is 16.3. The molecule has 1 aromatic heterocycles. The fourth-order valence-electron chi connectivity index (χ4n) is 2.46. The third-order valence-electron chi connectivity index (χ3n) is 3.73. The van der Waals surface area contributed by atoms with E-state index in [1.165, 1.54) is 16.7 Å². The number of nitrogens with zero attached hydrogens (tertiary/aromatic N) is 2. The first-order chi connectivity index (χ1) is 9.60. The van der Waals surface area contributed by atoms with Gasteiger partial charge in [-0.2, -0.15) is 0 Å². The molecule has 1 N–H and O–H groups in total. The van der Waals surface area contributed by atoms with Crippen molar-refractivity contribution in [3.8, 4) is 0 Å². The topological polar surface area (TPSA) is 38.0 Å². The monoisotopic (exact) mass is 272 g/mol. The molecule has 1 aromatic carbocycles. The lowest BCUT2D eigenvalue weighted by atomic mass is 10.0. The van der Waals surface area contributed by atoms with Gasteiger partial charge in [0, 0.05) is 25.4 Å². The second-order valence-electron chi connectivity index (χ2n) is 5.52. The zero-order valence-corrected chi connectivity index (χ0v) is 12.6. The van der Waals surface area contributed by atoms with E-state index in [0.717, 1.165) is 18.8 Å². The van der Waals surface area contributed by atoms with Crippen molar-refractivity contribution in [1.82, 2.24) is 9.55 Å². The summed E-state index contributed by atoms with van der Waals surface area (Å²) in [5, 5.41) is 10.3. The van der Waals surface area contributed by atoms with E-state index < -0.39 is 0 Å². The predicted molar refractivity (Wildman–Crippen MR) is 81.8 cm³/mol. The van der Waals surface area contributed by atoms with Crippen LogP contribution in [-0.2, 0) is 19.4 Å². The van der Waals surface area contributed by atoms with Gasteiger partial charge in [-0.15, -0.1) is 0 Å². The summed E-state index contributed by atoms with van der Waals surface area (Å²) in [6, 6.07) is 6.39. The van der Waals surface area contributed by atoms with E-state index in [1.54, 1.807) is 0 Å². The standard InChI is InChI=1S/C17H24N2O/c1-4-8-19-9-7-18-17(19)12-16(20)11-15-6-5-13(2)14(3)10-15/h5-7,9-10,16,20H,4,8,11-12H2,1-3H3. The smallest absolute Gasteiger partial charge is 0.111 e. The number of aryl methyl sites for hydroxylation is 3. The molecule has 108 valence electrons. The van der Waals surface area contributed by atoms with E-state index in [1.807, 2.05) is 12.4 Å². The minimum Gasteiger partial charge on any atom is -0.392 e. The summed E-state index contributed by atoms with van der Waals surface area (Å²) < 4.78 is 2.13. The van der Waals surface area contributed by atoms with E-state index in [2.05, 4.69) is 48.5 Å². The molecule has 1 unspecified atom stereocenters. The molecule has 0 fully saturated rings. The van der Waals surface area contributed by atoms with E-state index >= 15 is 0 Å². The Hall–Kier alpha value is -1.61. The number of benzene rings is 1. The Morgan fingerprint density at radius 3 is 2.70 bits per heavy atom. The average Bonchev–Trinajstić information content (AvgIpc) is 2.82. The summed E-state index contributed by atoms with van der Waals surface area (Å²) in [5.74, 6) is 0.975. The molecule has 0 aliphatic rings. The Morgan fingerprint density at radius 1 is 1.20 bits per heavy atom. The zero-order chi connectivity index (χ0) is 14.5. The second kappa shape index (κ2) is 6.71. The van der Waals surface area contributed by atoms with Crippen LogP contribution in [0, 0.1) is 13.8 Å². The number of hydrogen-bond acceptors (Lipinski definition) is 2. The molecule has 1 atom stereocenters. The Kier molecular flexibility index (Phi) is 4.96. The van der Waals surface area contributed by atoms with Crippen LogP contribution >= 0.6 is 0 Å². The van der Waals surface area contributed by atoms with Gasteiger partial charge in [-0.05, 0) is 43.4 Å². The fraction of sp³-hybridized carbons (Fsp3) is 0.471. The lowest BCUT2D eigenvalue weighted by molar-refractivity contribution is 0.171. The Labute approximate surface area is 121 Å². The van der Waals surface area contributed by atoms with Gasteiger partial charge in [-0.25, -0.2) is 4.98 Å².